The first kappa shape index (κ1) is 13.6. The van der Waals surface area contributed by atoms with Crippen molar-refractivity contribution in [2.45, 2.75) is 12.7 Å². The summed E-state index contributed by atoms with van der Waals surface area (Å²) in [6.07, 6.45) is 2.22. The van der Waals surface area contributed by atoms with Crippen molar-refractivity contribution in [3.63, 3.8) is 0 Å². The average molecular weight is 318 g/mol. The first-order chi connectivity index (χ1) is 6.13. The largest absolute Gasteiger partial charge is 0.396 e. The molecule has 0 aliphatic carbocycles. The van der Waals surface area contributed by atoms with Gasteiger partial charge in [0.25, 0.3) is 0 Å². The summed E-state index contributed by atoms with van der Waals surface area (Å²) < 4.78 is 10.9. The van der Waals surface area contributed by atoms with Crippen LogP contribution in [0.1, 0.15) is 6.42 Å². The molecule has 13 heavy (non-hydrogen) atoms. The van der Waals surface area contributed by atoms with Gasteiger partial charge in [-0.1, -0.05) is 6.08 Å². The van der Waals surface area contributed by atoms with Crippen molar-refractivity contribution in [1.82, 2.24) is 0 Å². The van der Waals surface area contributed by atoms with Crippen molar-refractivity contribution in [3.05, 3.63) is 9.47 Å². The van der Waals surface area contributed by atoms with Gasteiger partial charge >= 0.3 is 0 Å². The highest BCUT2D eigenvalue weighted by molar-refractivity contribution is 9.28. The van der Waals surface area contributed by atoms with Crippen LogP contribution in [0.2, 0.25) is 0 Å². The molecule has 3 nitrogen and oxygen atoms in total. The van der Waals surface area contributed by atoms with E-state index in [1.807, 2.05) is 6.08 Å². The Balaban J connectivity index is 4.03. The highest BCUT2D eigenvalue weighted by Gasteiger charge is 2.12. The minimum atomic E-state index is -0.271. The Labute approximate surface area is 95.4 Å². The highest BCUT2D eigenvalue weighted by atomic mass is 79.9. The molecule has 0 radical (unpaired) electrons. The number of aliphatic hydroxyl groups is 1. The topological polar surface area (TPSA) is 38.7 Å². The predicted molar refractivity (Wildman–Crippen MR) is 58.9 cm³/mol. The van der Waals surface area contributed by atoms with Gasteiger partial charge in [-0.05, 0) is 31.9 Å². The van der Waals surface area contributed by atoms with Crippen LogP contribution < -0.4 is 0 Å². The molecule has 1 N–H and O–H groups in total. The third-order valence-electron chi connectivity index (χ3n) is 1.62. The second kappa shape index (κ2) is 7.94. The Morgan fingerprint density at radius 1 is 1.38 bits per heavy atom. The van der Waals surface area contributed by atoms with Gasteiger partial charge < -0.3 is 14.6 Å². The van der Waals surface area contributed by atoms with Crippen LogP contribution in [0, 0.1) is 5.92 Å². The summed E-state index contributed by atoms with van der Waals surface area (Å²) in [5.74, 6) is 0.0265. The maximum atomic E-state index is 9.02. The molecular weight excluding hydrogens is 304 g/mol. The van der Waals surface area contributed by atoms with Gasteiger partial charge in [-0.3, -0.25) is 0 Å². The fourth-order valence-corrected chi connectivity index (χ4v) is 1.66. The maximum Gasteiger partial charge on any atom is 0.157 e. The van der Waals surface area contributed by atoms with Crippen LogP contribution in [0.5, 0.6) is 0 Å². The zero-order valence-corrected chi connectivity index (χ0v) is 10.8. The zero-order chi connectivity index (χ0) is 10.3. The Bertz CT molecular complexity index is 153. The standard InChI is InChI=1S/C8H14Br2O3/c1-12-8(13-2)4-6(5-11)3-7(9)10/h3,6,8,11H,4-5H2,1-2H3/t6-/m0/s1. The second-order valence-corrected chi connectivity index (χ2v) is 5.31. The third-order valence-corrected chi connectivity index (χ3v) is 2.15. The van der Waals surface area contributed by atoms with Crippen LogP contribution in [-0.2, 0) is 9.47 Å². The van der Waals surface area contributed by atoms with E-state index in [4.69, 9.17) is 14.6 Å². The molecule has 0 unspecified atom stereocenters. The molecule has 0 aliphatic rings. The predicted octanol–water partition coefficient (Wildman–Crippen LogP) is 2.24. The molecule has 0 rings (SSSR count). The summed E-state index contributed by atoms with van der Waals surface area (Å²) in [6.45, 7) is 0.0733. The molecule has 0 aromatic heterocycles. The average Bonchev–Trinajstić information content (AvgIpc) is 2.11. The van der Waals surface area contributed by atoms with E-state index in [1.165, 1.54) is 0 Å². The molecule has 0 bridgehead atoms. The molecule has 0 saturated heterocycles. The lowest BCUT2D eigenvalue weighted by atomic mass is 10.1. The molecule has 1 atom stereocenters. The van der Waals surface area contributed by atoms with E-state index in [0.717, 1.165) is 3.39 Å². The van der Waals surface area contributed by atoms with E-state index >= 15 is 0 Å². The van der Waals surface area contributed by atoms with Gasteiger partial charge in [0.05, 0.1) is 3.39 Å². The van der Waals surface area contributed by atoms with Crippen molar-refractivity contribution in [2.24, 2.45) is 5.92 Å². The molecule has 0 spiro atoms. The van der Waals surface area contributed by atoms with Crippen molar-refractivity contribution in [3.8, 4) is 0 Å². The maximum absolute atomic E-state index is 9.02. The Morgan fingerprint density at radius 3 is 2.23 bits per heavy atom. The van der Waals surface area contributed by atoms with Gasteiger partial charge in [0.2, 0.25) is 0 Å². The lowest BCUT2D eigenvalue weighted by Gasteiger charge is -2.17. The Kier molecular flexibility index (Phi) is 8.29. The van der Waals surface area contributed by atoms with Crippen LogP contribution in [0.25, 0.3) is 0 Å². The zero-order valence-electron chi connectivity index (χ0n) is 7.67. The molecule has 0 amide bonds. The van der Waals surface area contributed by atoms with Crippen LogP contribution >= 0.6 is 31.9 Å². The van der Waals surface area contributed by atoms with Gasteiger partial charge in [-0.2, -0.15) is 0 Å². The van der Waals surface area contributed by atoms with E-state index in [2.05, 4.69) is 31.9 Å². The van der Waals surface area contributed by atoms with Crippen LogP contribution in [0.4, 0.5) is 0 Å². The van der Waals surface area contributed by atoms with Crippen LogP contribution in [-0.4, -0.2) is 32.2 Å². The molecule has 0 aliphatic heterocycles. The smallest absolute Gasteiger partial charge is 0.157 e. The van der Waals surface area contributed by atoms with Gasteiger partial charge in [-0.25, -0.2) is 0 Å². The van der Waals surface area contributed by atoms with E-state index in [-0.39, 0.29) is 18.8 Å². The van der Waals surface area contributed by atoms with Gasteiger partial charge in [-0.15, -0.1) is 0 Å². The number of hydrogen-bond acceptors (Lipinski definition) is 3. The quantitative estimate of drug-likeness (QED) is 0.764. The van der Waals surface area contributed by atoms with E-state index in [1.54, 1.807) is 14.2 Å². The molecule has 0 aromatic carbocycles. The number of halogens is 2. The Hall–Kier alpha value is 0.580. The minimum Gasteiger partial charge on any atom is -0.396 e. The van der Waals surface area contributed by atoms with Gasteiger partial charge in [0, 0.05) is 33.2 Å². The van der Waals surface area contributed by atoms with Crippen molar-refractivity contribution >= 4 is 31.9 Å². The summed E-state index contributed by atoms with van der Waals surface area (Å²) in [5.41, 5.74) is 0. The SMILES string of the molecule is COC(C[C@H](C=C(Br)Br)CO)OC. The number of rotatable bonds is 6. The lowest BCUT2D eigenvalue weighted by molar-refractivity contribution is -0.113. The van der Waals surface area contributed by atoms with Crippen LogP contribution in [0.3, 0.4) is 0 Å². The number of methoxy groups -OCH3 is 2. The Morgan fingerprint density at radius 2 is 1.92 bits per heavy atom. The first-order valence-electron chi connectivity index (χ1n) is 3.83. The number of aliphatic hydroxyl groups excluding tert-OH is 1. The fourth-order valence-electron chi connectivity index (χ4n) is 0.909. The normalized spacial score (nSPS) is 13.1. The van der Waals surface area contributed by atoms with Crippen LogP contribution in [0.15, 0.2) is 9.47 Å². The second-order valence-electron chi connectivity index (χ2n) is 2.54. The molecule has 5 heteroatoms. The molecule has 0 heterocycles. The molecule has 0 aromatic rings. The summed E-state index contributed by atoms with van der Waals surface area (Å²) in [5, 5.41) is 9.02. The molecule has 78 valence electrons. The highest BCUT2D eigenvalue weighted by Crippen LogP contribution is 2.19. The molecule has 0 saturated carbocycles. The van der Waals surface area contributed by atoms with Gasteiger partial charge in [0.1, 0.15) is 0 Å². The van der Waals surface area contributed by atoms with Crippen molar-refractivity contribution < 1.29 is 14.6 Å². The van der Waals surface area contributed by atoms with Gasteiger partial charge in [0.15, 0.2) is 6.29 Å². The summed E-state index contributed by atoms with van der Waals surface area (Å²) in [4.78, 5) is 0. The summed E-state index contributed by atoms with van der Waals surface area (Å²) in [7, 11) is 3.16. The number of hydrogen-bond donors (Lipinski definition) is 1. The first-order valence-corrected chi connectivity index (χ1v) is 5.41. The number of ether oxygens (including phenoxy) is 2. The third kappa shape index (κ3) is 6.62. The molecule has 0 fully saturated rings. The minimum absolute atomic E-state index is 0.0265. The lowest BCUT2D eigenvalue weighted by Crippen LogP contribution is -2.19. The monoisotopic (exact) mass is 316 g/mol. The summed E-state index contributed by atoms with van der Waals surface area (Å²) in [6, 6.07) is 0. The van der Waals surface area contributed by atoms with Crippen molar-refractivity contribution in [2.75, 3.05) is 20.8 Å². The van der Waals surface area contributed by atoms with Crippen molar-refractivity contribution in [1.29, 1.82) is 0 Å². The van der Waals surface area contributed by atoms with E-state index in [0.29, 0.717) is 6.42 Å². The summed E-state index contributed by atoms with van der Waals surface area (Å²) >= 11 is 6.47. The van der Waals surface area contributed by atoms with E-state index in [9.17, 15) is 0 Å². The molecular formula is C8H14Br2O3. The van der Waals surface area contributed by atoms with E-state index < -0.39 is 0 Å². The fraction of sp³-hybridized carbons (Fsp3) is 0.750.